The molecule has 0 N–H and O–H groups in total. The normalized spacial score (nSPS) is 11.5. The van der Waals surface area contributed by atoms with Gasteiger partial charge >= 0.3 is 0 Å². The largest absolute Gasteiger partial charge is 0.0843 e. The molecule has 130 heavy (non-hydrogen) atoms. The molecular formula is C126H88Cl4. The van der Waals surface area contributed by atoms with E-state index in [9.17, 15) is 0 Å². The third-order valence-corrected chi connectivity index (χ3v) is 27.1. The highest BCUT2D eigenvalue weighted by atomic mass is 35.5. The zero-order chi connectivity index (χ0) is 88.4. The van der Waals surface area contributed by atoms with Crippen LogP contribution in [0.5, 0.6) is 0 Å². The second-order valence-electron chi connectivity index (χ2n) is 34.5. The molecule has 0 aliphatic carbocycles. The molecule has 0 aromatic heterocycles. The van der Waals surface area contributed by atoms with Gasteiger partial charge in [0.05, 0.1) is 0 Å². The Morgan fingerprint density at radius 1 is 0.115 bits per heavy atom. The molecule has 24 aromatic rings. The second-order valence-corrected chi connectivity index (χ2v) is 36.3. The molecule has 0 nitrogen and oxygen atoms in total. The third kappa shape index (κ3) is 15.6. The van der Waals surface area contributed by atoms with Gasteiger partial charge in [-0.2, -0.15) is 0 Å². The summed E-state index contributed by atoms with van der Waals surface area (Å²) >= 11 is 26.1. The molecule has 0 saturated heterocycles. The number of hydrogen-bond acceptors (Lipinski definition) is 0. The van der Waals surface area contributed by atoms with Gasteiger partial charge in [0, 0.05) is 20.1 Å². The van der Waals surface area contributed by atoms with Gasteiger partial charge in [0.25, 0.3) is 0 Å². The lowest BCUT2D eigenvalue weighted by Gasteiger charge is -2.17. The Hall–Kier alpha value is -14.4. The molecule has 0 heterocycles. The van der Waals surface area contributed by atoms with Crippen molar-refractivity contribution in [3.05, 3.63) is 478 Å². The van der Waals surface area contributed by atoms with Crippen LogP contribution in [0.4, 0.5) is 0 Å². The molecule has 0 spiro atoms. The first-order chi connectivity index (χ1) is 63.6. The van der Waals surface area contributed by atoms with Crippen LogP contribution in [0.1, 0.15) is 33.4 Å². The fraction of sp³-hybridized carbons (Fsp3) is 0.0476. The van der Waals surface area contributed by atoms with Crippen molar-refractivity contribution in [2.75, 3.05) is 0 Å². The quantitative estimate of drug-likeness (QED) is 0.133. The molecule has 620 valence electrons. The van der Waals surface area contributed by atoms with Crippen LogP contribution in [0, 0.1) is 41.5 Å². The van der Waals surface area contributed by atoms with E-state index in [0.29, 0.717) is 0 Å². The van der Waals surface area contributed by atoms with Gasteiger partial charge in [-0.15, -0.1) is 0 Å². The van der Waals surface area contributed by atoms with Crippen LogP contribution in [-0.2, 0) is 0 Å². The molecule has 24 aromatic carbocycles. The maximum atomic E-state index is 6.55. The van der Waals surface area contributed by atoms with E-state index in [1.165, 1.54) is 252 Å². The SMILES string of the molecule is Cc1ccc(-c2cc3c4cc(Cl)ccc4c(-c4ccc(C)cc4)cc3c3ccccc23)cc1.Cc1cccc(-c2cc3c4cc(Cl)ccc4c(-c4cccc(C)c4)cc3c3ccccc23)c1.Cc1ccccc1-c1cc2c3cc(Cl)ccc3c(-c3ccccc3C)cc2c2ccccc12.Clc1ccc2c(-c3ccccc3)cc3c4ccccc4c(-c4ccccc4)cc3c2c1. The molecule has 24 rings (SSSR count). The van der Waals surface area contributed by atoms with Crippen LogP contribution >= 0.6 is 46.4 Å². The molecule has 0 saturated carbocycles. The van der Waals surface area contributed by atoms with E-state index in [2.05, 4.69) is 442 Å². The minimum absolute atomic E-state index is 0.758. The summed E-state index contributed by atoms with van der Waals surface area (Å²) in [5.74, 6) is 0. The Balaban J connectivity index is 0.000000105. The van der Waals surface area contributed by atoms with Gasteiger partial charge in [-0.3, -0.25) is 0 Å². The van der Waals surface area contributed by atoms with Crippen molar-refractivity contribution in [2.45, 2.75) is 41.5 Å². The first-order valence-corrected chi connectivity index (χ1v) is 45.9. The Labute approximate surface area is 778 Å². The van der Waals surface area contributed by atoms with E-state index in [1.807, 2.05) is 24.3 Å². The molecular weight excluding hydrogens is 1660 g/mol. The summed E-state index contributed by atoms with van der Waals surface area (Å²) in [6.45, 7) is 12.9. The average Bonchev–Trinajstić information content (AvgIpc) is 0.739. The zero-order valence-corrected chi connectivity index (χ0v) is 76.0. The molecule has 4 heteroatoms. The molecule has 0 bridgehead atoms. The standard InChI is InChI=1S/3C32H23Cl.C30H19Cl/c1-20-9-3-5-11-23(20)29-19-32-28-17-22(33)15-16-27(28)30(24-12-6-4-10-21(24)2)18-31(32)26-14-8-7-13-25(26)29;1-20-7-5-9-22(15-20)28-19-32-30-17-24(33)13-14-27(30)29(23-10-6-8-21(2)16-23)18-31(32)26-12-4-3-11-25(26)28;1-20-7-11-22(12-8-20)28-19-32-30-17-24(33)15-16-27(30)29(23-13-9-21(2)10-14-23)18-31(32)26-6-4-3-5-25(26)28;31-22-15-16-25-27(21-11-5-2-6-12-21)18-29-24-14-8-7-13-23(24)26(19-30(29)28(25)17-22)20-9-3-1-4-10-20/h3*3-19H,1-2H3;1-19H. The minimum Gasteiger partial charge on any atom is -0.0843 e. The smallest absolute Gasteiger partial charge is 0.0412 e. The summed E-state index contributed by atoms with van der Waals surface area (Å²) in [5.41, 5.74) is 27.5. The third-order valence-electron chi connectivity index (χ3n) is 26.2. The zero-order valence-electron chi connectivity index (χ0n) is 72.9. The number of benzene rings is 24. The number of rotatable bonds is 8. The van der Waals surface area contributed by atoms with Crippen molar-refractivity contribution in [2.24, 2.45) is 0 Å². The van der Waals surface area contributed by atoms with Gasteiger partial charge in [0.15, 0.2) is 0 Å². The molecule has 0 radical (unpaired) electrons. The summed E-state index contributed by atoms with van der Waals surface area (Å²) in [7, 11) is 0. The Bertz CT molecular complexity index is 8630. The Kier molecular flexibility index (Phi) is 22.2. The van der Waals surface area contributed by atoms with E-state index in [1.54, 1.807) is 0 Å². The van der Waals surface area contributed by atoms with Crippen LogP contribution in [-0.4, -0.2) is 0 Å². The molecule has 0 amide bonds. The van der Waals surface area contributed by atoms with Crippen LogP contribution in [0.3, 0.4) is 0 Å². The van der Waals surface area contributed by atoms with E-state index in [-0.39, 0.29) is 0 Å². The summed E-state index contributed by atoms with van der Waals surface area (Å²) in [5, 5.41) is 32.8. The van der Waals surface area contributed by atoms with Crippen molar-refractivity contribution >= 4 is 176 Å². The van der Waals surface area contributed by atoms with Gasteiger partial charge in [-0.25, -0.2) is 0 Å². The van der Waals surface area contributed by atoms with Crippen LogP contribution < -0.4 is 0 Å². The average molecular weight is 1740 g/mol. The van der Waals surface area contributed by atoms with Crippen molar-refractivity contribution < 1.29 is 0 Å². The van der Waals surface area contributed by atoms with Gasteiger partial charge < -0.3 is 0 Å². The lowest BCUT2D eigenvalue weighted by atomic mass is 9.86. The Morgan fingerprint density at radius 2 is 0.323 bits per heavy atom. The second kappa shape index (κ2) is 35.0. The summed E-state index contributed by atoms with van der Waals surface area (Å²) in [6, 6.07) is 152. The van der Waals surface area contributed by atoms with E-state index in [0.717, 1.165) is 20.1 Å². The monoisotopic (exact) mass is 1740 g/mol. The first kappa shape index (κ1) is 82.5. The number of fused-ring (bicyclic) bond motifs is 20. The summed E-state index contributed by atoms with van der Waals surface area (Å²) in [6.07, 6.45) is 0. The minimum atomic E-state index is 0.758. The van der Waals surface area contributed by atoms with Crippen molar-refractivity contribution in [1.29, 1.82) is 0 Å². The van der Waals surface area contributed by atoms with Crippen molar-refractivity contribution in [1.82, 2.24) is 0 Å². The van der Waals surface area contributed by atoms with E-state index < -0.39 is 0 Å². The summed E-state index contributed by atoms with van der Waals surface area (Å²) < 4.78 is 0. The molecule has 0 unspecified atom stereocenters. The molecule has 0 aliphatic heterocycles. The van der Waals surface area contributed by atoms with Crippen LogP contribution in [0.2, 0.25) is 20.1 Å². The van der Waals surface area contributed by atoms with E-state index in [4.69, 9.17) is 46.4 Å². The molecule has 0 atom stereocenters. The highest BCUT2D eigenvalue weighted by Crippen LogP contribution is 2.50. The van der Waals surface area contributed by atoms with Crippen molar-refractivity contribution in [3.8, 4) is 89.0 Å². The lowest BCUT2D eigenvalue weighted by molar-refractivity contribution is 1.47. The first-order valence-electron chi connectivity index (χ1n) is 44.4. The van der Waals surface area contributed by atoms with E-state index >= 15 is 0 Å². The van der Waals surface area contributed by atoms with Gasteiger partial charge in [0.1, 0.15) is 0 Å². The van der Waals surface area contributed by atoms with Gasteiger partial charge in [-0.1, -0.05) is 396 Å². The maximum Gasteiger partial charge on any atom is 0.0412 e. The number of halogens is 4. The number of aryl methyl sites for hydroxylation is 6. The molecule has 0 fully saturated rings. The lowest BCUT2D eigenvalue weighted by Crippen LogP contribution is -1.91. The van der Waals surface area contributed by atoms with Gasteiger partial charge in [0.2, 0.25) is 0 Å². The predicted octanol–water partition coefficient (Wildman–Crippen LogP) is 38.4. The maximum absolute atomic E-state index is 6.55. The fourth-order valence-corrected chi connectivity index (χ4v) is 20.5. The molecule has 0 aliphatic rings. The highest BCUT2D eigenvalue weighted by molar-refractivity contribution is 6.36. The summed E-state index contributed by atoms with van der Waals surface area (Å²) in [4.78, 5) is 0. The van der Waals surface area contributed by atoms with Gasteiger partial charge in [-0.05, 0) is 368 Å². The number of hydrogen-bond donors (Lipinski definition) is 0. The Morgan fingerprint density at radius 3 is 0.615 bits per heavy atom. The van der Waals surface area contributed by atoms with Crippen molar-refractivity contribution in [3.63, 3.8) is 0 Å². The fourth-order valence-electron chi connectivity index (χ4n) is 19.8. The van der Waals surface area contributed by atoms with Crippen LogP contribution in [0.15, 0.2) is 425 Å². The highest BCUT2D eigenvalue weighted by Gasteiger charge is 2.22. The van der Waals surface area contributed by atoms with Crippen LogP contribution in [0.25, 0.3) is 218 Å². The predicted molar refractivity (Wildman–Crippen MR) is 568 cm³/mol. The topological polar surface area (TPSA) is 0 Å².